The molecule has 0 N–H and O–H groups in total. The molecule has 0 aliphatic carbocycles. The fraction of sp³-hybridized carbons (Fsp3) is 0.250. The van der Waals surface area contributed by atoms with Gasteiger partial charge in [0.1, 0.15) is 0 Å². The first-order valence-corrected chi connectivity index (χ1v) is 3.87. The smallest absolute Gasteiger partial charge is 0.0525 e. The van der Waals surface area contributed by atoms with Crippen LogP contribution in [0.2, 0.25) is 5.02 Å². The van der Waals surface area contributed by atoms with Gasteiger partial charge in [-0.2, -0.15) is 0 Å². The van der Waals surface area contributed by atoms with Gasteiger partial charge in [-0.3, -0.25) is 0 Å². The van der Waals surface area contributed by atoms with Gasteiger partial charge < -0.3 is 0 Å². The summed E-state index contributed by atoms with van der Waals surface area (Å²) in [5.74, 6) is 0. The Morgan fingerprint density at radius 3 is 2.92 bits per heavy atom. The van der Waals surface area contributed by atoms with Gasteiger partial charge in [-0.05, 0) is 29.6 Å². The van der Waals surface area contributed by atoms with E-state index in [1.807, 2.05) is 25.1 Å². The normalized spacial score (nSPS) is 9.17. The summed E-state index contributed by atoms with van der Waals surface area (Å²) < 4.78 is 0. The van der Waals surface area contributed by atoms with Crippen molar-refractivity contribution in [1.82, 2.24) is 0 Å². The van der Waals surface area contributed by atoms with Gasteiger partial charge in [0.25, 0.3) is 0 Å². The maximum atomic E-state index is 8.09. The van der Waals surface area contributed by atoms with E-state index in [9.17, 15) is 0 Å². The molecule has 1 aromatic rings. The molecular weight excluding hydrogens is 174 g/mol. The Labute approximate surface area is 75.6 Å². The lowest BCUT2D eigenvalue weighted by atomic mass is 10.1. The molecule has 12 heavy (non-hydrogen) atoms. The summed E-state index contributed by atoms with van der Waals surface area (Å²) in [6.45, 7) is 2.28. The van der Waals surface area contributed by atoms with E-state index in [4.69, 9.17) is 17.1 Å². The van der Waals surface area contributed by atoms with Crippen molar-refractivity contribution in [2.24, 2.45) is 5.11 Å². The molecule has 0 aliphatic rings. The minimum absolute atomic E-state index is 0.315. The Hall–Kier alpha value is -1.18. The summed E-state index contributed by atoms with van der Waals surface area (Å²) in [5, 5.41) is 4.08. The van der Waals surface area contributed by atoms with Crippen LogP contribution in [-0.2, 0) is 6.54 Å². The molecule has 1 aromatic carbocycles. The van der Waals surface area contributed by atoms with Crippen molar-refractivity contribution in [2.45, 2.75) is 13.5 Å². The molecule has 0 heterocycles. The third kappa shape index (κ3) is 2.16. The zero-order valence-electron chi connectivity index (χ0n) is 6.66. The number of hydrogen-bond acceptors (Lipinski definition) is 1. The molecule has 0 atom stereocenters. The van der Waals surface area contributed by atoms with E-state index < -0.39 is 0 Å². The van der Waals surface area contributed by atoms with Gasteiger partial charge in [0.2, 0.25) is 0 Å². The van der Waals surface area contributed by atoms with Crippen molar-refractivity contribution in [3.8, 4) is 0 Å². The van der Waals surface area contributed by atoms with Gasteiger partial charge >= 0.3 is 0 Å². The molecule has 0 saturated carbocycles. The highest BCUT2D eigenvalue weighted by atomic mass is 35.5. The standard InChI is InChI=1S/C8H8ClN3/c1-6-2-3-7(5-11-12-10)8(9)4-6/h2-4H,5H2,1H3. The first kappa shape index (κ1) is 8.91. The molecule has 0 fully saturated rings. The van der Waals surface area contributed by atoms with Crippen molar-refractivity contribution >= 4 is 11.6 Å². The second kappa shape index (κ2) is 4.00. The predicted molar refractivity (Wildman–Crippen MR) is 49.0 cm³/mol. The van der Waals surface area contributed by atoms with Crippen LogP contribution in [0.4, 0.5) is 0 Å². The Bertz CT molecular complexity index is 329. The van der Waals surface area contributed by atoms with Crippen LogP contribution < -0.4 is 0 Å². The number of halogens is 1. The fourth-order valence-electron chi connectivity index (χ4n) is 0.888. The van der Waals surface area contributed by atoms with Crippen LogP contribution in [0.25, 0.3) is 10.4 Å². The van der Waals surface area contributed by atoms with Crippen LogP contribution in [-0.4, -0.2) is 0 Å². The zero-order valence-corrected chi connectivity index (χ0v) is 7.41. The molecule has 3 nitrogen and oxygen atoms in total. The largest absolute Gasteiger partial charge is 0.0892 e. The first-order valence-electron chi connectivity index (χ1n) is 3.50. The molecule has 0 amide bonds. The van der Waals surface area contributed by atoms with E-state index >= 15 is 0 Å². The van der Waals surface area contributed by atoms with Crippen LogP contribution >= 0.6 is 11.6 Å². The molecule has 0 bridgehead atoms. The third-order valence-corrected chi connectivity index (χ3v) is 1.86. The summed E-state index contributed by atoms with van der Waals surface area (Å²) in [6.07, 6.45) is 0. The van der Waals surface area contributed by atoms with E-state index in [0.29, 0.717) is 11.6 Å². The second-order valence-electron chi connectivity index (χ2n) is 2.48. The Morgan fingerprint density at radius 2 is 2.33 bits per heavy atom. The maximum Gasteiger partial charge on any atom is 0.0525 e. The van der Waals surface area contributed by atoms with Gasteiger partial charge in [0.15, 0.2) is 0 Å². The SMILES string of the molecule is Cc1ccc(CN=[N+]=[N-])c(Cl)c1. The van der Waals surface area contributed by atoms with E-state index in [0.717, 1.165) is 11.1 Å². The average Bonchev–Trinajstić information content (AvgIpc) is 2.03. The highest BCUT2D eigenvalue weighted by Crippen LogP contribution is 2.18. The van der Waals surface area contributed by atoms with Gasteiger partial charge in [-0.25, -0.2) is 0 Å². The van der Waals surface area contributed by atoms with E-state index in [1.54, 1.807) is 0 Å². The van der Waals surface area contributed by atoms with Gasteiger partial charge in [0, 0.05) is 9.93 Å². The topological polar surface area (TPSA) is 48.8 Å². The number of nitrogens with zero attached hydrogens (tertiary/aromatic N) is 3. The average molecular weight is 182 g/mol. The third-order valence-electron chi connectivity index (χ3n) is 1.51. The highest BCUT2D eigenvalue weighted by molar-refractivity contribution is 6.31. The van der Waals surface area contributed by atoms with Crippen LogP contribution in [0.3, 0.4) is 0 Å². The molecule has 0 aromatic heterocycles. The van der Waals surface area contributed by atoms with Crippen molar-refractivity contribution in [2.75, 3.05) is 0 Å². The molecule has 0 unspecified atom stereocenters. The lowest BCUT2D eigenvalue weighted by molar-refractivity contribution is 1.05. The van der Waals surface area contributed by atoms with Crippen LogP contribution in [0.5, 0.6) is 0 Å². The Balaban J connectivity index is 2.93. The zero-order chi connectivity index (χ0) is 8.97. The summed E-state index contributed by atoms with van der Waals surface area (Å²) >= 11 is 5.88. The predicted octanol–water partition coefficient (Wildman–Crippen LogP) is 3.46. The van der Waals surface area contributed by atoms with E-state index in [-0.39, 0.29) is 0 Å². The summed E-state index contributed by atoms with van der Waals surface area (Å²) in [5.41, 5.74) is 10.1. The number of azide groups is 1. The molecule has 1 rings (SSSR count). The molecular formula is C8H8ClN3. The van der Waals surface area contributed by atoms with Crippen LogP contribution in [0.1, 0.15) is 11.1 Å². The summed E-state index contributed by atoms with van der Waals surface area (Å²) in [7, 11) is 0. The van der Waals surface area contributed by atoms with E-state index in [1.165, 1.54) is 0 Å². The fourth-order valence-corrected chi connectivity index (χ4v) is 1.18. The van der Waals surface area contributed by atoms with Crippen molar-refractivity contribution in [3.63, 3.8) is 0 Å². The minimum Gasteiger partial charge on any atom is -0.0892 e. The molecule has 0 radical (unpaired) electrons. The minimum atomic E-state index is 0.315. The Morgan fingerprint density at radius 1 is 1.58 bits per heavy atom. The van der Waals surface area contributed by atoms with Crippen molar-refractivity contribution < 1.29 is 0 Å². The quantitative estimate of drug-likeness (QED) is 0.381. The number of hydrogen-bond donors (Lipinski definition) is 0. The Kier molecular flexibility index (Phi) is 2.97. The number of benzene rings is 1. The number of aryl methyl sites for hydroxylation is 1. The number of rotatable bonds is 2. The highest BCUT2D eigenvalue weighted by Gasteiger charge is 1.97. The van der Waals surface area contributed by atoms with E-state index in [2.05, 4.69) is 10.0 Å². The lowest BCUT2D eigenvalue weighted by Crippen LogP contribution is -1.82. The molecule has 0 spiro atoms. The molecule has 0 saturated heterocycles. The van der Waals surface area contributed by atoms with Gasteiger partial charge in [-0.15, -0.1) is 0 Å². The monoisotopic (exact) mass is 181 g/mol. The lowest BCUT2D eigenvalue weighted by Gasteiger charge is -2.00. The van der Waals surface area contributed by atoms with Crippen molar-refractivity contribution in [1.29, 1.82) is 0 Å². The summed E-state index contributed by atoms with van der Waals surface area (Å²) in [4.78, 5) is 2.66. The van der Waals surface area contributed by atoms with Gasteiger partial charge in [-0.1, -0.05) is 28.8 Å². The molecule has 4 heteroatoms. The van der Waals surface area contributed by atoms with Gasteiger partial charge in [0.05, 0.1) is 6.54 Å². The molecule has 62 valence electrons. The van der Waals surface area contributed by atoms with Crippen LogP contribution in [0.15, 0.2) is 23.3 Å². The first-order chi connectivity index (χ1) is 5.74. The summed E-state index contributed by atoms with van der Waals surface area (Å²) in [6, 6.07) is 5.66. The maximum absolute atomic E-state index is 8.09. The molecule has 0 aliphatic heterocycles. The van der Waals surface area contributed by atoms with Crippen LogP contribution in [0, 0.1) is 6.92 Å². The van der Waals surface area contributed by atoms with Crippen molar-refractivity contribution in [3.05, 3.63) is 44.8 Å². The second-order valence-corrected chi connectivity index (χ2v) is 2.89.